The van der Waals surface area contributed by atoms with E-state index in [1.165, 1.54) is 6.07 Å². The van der Waals surface area contributed by atoms with Gasteiger partial charge in [0, 0.05) is 18.8 Å². The van der Waals surface area contributed by atoms with Gasteiger partial charge in [0.1, 0.15) is 11.9 Å². The molecule has 2 fully saturated rings. The van der Waals surface area contributed by atoms with Crippen molar-refractivity contribution in [3.8, 4) is 0 Å². The molecular weight excluding hydrogens is 307 g/mol. The number of rotatable bonds is 3. The van der Waals surface area contributed by atoms with E-state index < -0.39 is 6.10 Å². The molecule has 0 aromatic heterocycles. The number of halogens is 1. The first-order valence-electron chi connectivity index (χ1n) is 7.34. The third-order valence-corrected chi connectivity index (χ3v) is 4.28. The molecule has 1 aromatic carbocycles. The van der Waals surface area contributed by atoms with Gasteiger partial charge in [-0.15, -0.1) is 0 Å². The minimum absolute atomic E-state index is 0.268. The number of aliphatic hydroxyl groups excluding tert-OH is 1. The SMILES string of the molecule is CC(O)C1CN(c2ccc(N3CCOCC3)c(F)c2)C(=S)O1. The Balaban J connectivity index is 1.78. The molecule has 0 saturated carbocycles. The van der Waals surface area contributed by atoms with E-state index in [0.29, 0.717) is 44.2 Å². The highest BCUT2D eigenvalue weighted by molar-refractivity contribution is 7.80. The summed E-state index contributed by atoms with van der Waals surface area (Å²) >= 11 is 5.16. The Morgan fingerprint density at radius 3 is 2.68 bits per heavy atom. The van der Waals surface area contributed by atoms with Gasteiger partial charge in [0.2, 0.25) is 0 Å². The summed E-state index contributed by atoms with van der Waals surface area (Å²) in [6.45, 7) is 4.67. The number of benzene rings is 1. The zero-order valence-corrected chi connectivity index (χ0v) is 13.2. The zero-order valence-electron chi connectivity index (χ0n) is 12.4. The lowest BCUT2D eigenvalue weighted by atomic mass is 10.2. The normalized spacial score (nSPS) is 23.6. The summed E-state index contributed by atoms with van der Waals surface area (Å²) in [5, 5.41) is 9.87. The van der Waals surface area contributed by atoms with Crippen LogP contribution in [0.25, 0.3) is 0 Å². The highest BCUT2D eigenvalue weighted by atomic mass is 32.1. The van der Waals surface area contributed by atoms with Gasteiger partial charge in [-0.3, -0.25) is 4.90 Å². The van der Waals surface area contributed by atoms with E-state index in [1.54, 1.807) is 17.9 Å². The standard InChI is InChI=1S/C15H19FN2O3S/c1-10(19)14-9-18(15(22)21-14)11-2-3-13(12(16)8-11)17-4-6-20-7-5-17/h2-3,8,10,14,19H,4-7,9H2,1H3. The van der Waals surface area contributed by atoms with Crippen LogP contribution in [0.5, 0.6) is 0 Å². The largest absolute Gasteiger partial charge is 0.463 e. The van der Waals surface area contributed by atoms with E-state index in [4.69, 9.17) is 21.7 Å². The highest BCUT2D eigenvalue weighted by Gasteiger charge is 2.32. The molecule has 0 amide bonds. The van der Waals surface area contributed by atoms with Gasteiger partial charge >= 0.3 is 0 Å². The van der Waals surface area contributed by atoms with Gasteiger partial charge in [-0.1, -0.05) is 0 Å². The van der Waals surface area contributed by atoms with Gasteiger partial charge in [0.25, 0.3) is 5.17 Å². The summed E-state index contributed by atoms with van der Waals surface area (Å²) in [5.41, 5.74) is 1.22. The van der Waals surface area contributed by atoms with Crippen LogP contribution in [-0.4, -0.2) is 55.3 Å². The fourth-order valence-electron chi connectivity index (χ4n) is 2.67. The summed E-state index contributed by atoms with van der Waals surface area (Å²) < 4.78 is 25.1. The van der Waals surface area contributed by atoms with Crippen LogP contribution >= 0.6 is 12.2 Å². The molecule has 0 bridgehead atoms. The van der Waals surface area contributed by atoms with E-state index in [1.807, 2.05) is 11.0 Å². The van der Waals surface area contributed by atoms with Crippen molar-refractivity contribution in [3.05, 3.63) is 24.0 Å². The number of morpholine rings is 1. The topological polar surface area (TPSA) is 45.2 Å². The zero-order chi connectivity index (χ0) is 15.7. The van der Waals surface area contributed by atoms with Crippen molar-refractivity contribution in [3.63, 3.8) is 0 Å². The average molecular weight is 326 g/mol. The number of nitrogens with zero attached hydrogens (tertiary/aromatic N) is 2. The molecule has 2 unspecified atom stereocenters. The predicted molar refractivity (Wildman–Crippen MR) is 85.9 cm³/mol. The first-order chi connectivity index (χ1) is 10.6. The monoisotopic (exact) mass is 326 g/mol. The van der Waals surface area contributed by atoms with Gasteiger partial charge in [-0.2, -0.15) is 0 Å². The van der Waals surface area contributed by atoms with E-state index in [0.717, 1.165) is 0 Å². The second-order valence-corrected chi connectivity index (χ2v) is 5.86. The lowest BCUT2D eigenvalue weighted by molar-refractivity contribution is 0.0645. The molecule has 1 aromatic rings. The molecule has 2 saturated heterocycles. The van der Waals surface area contributed by atoms with Crippen molar-refractivity contribution in [1.29, 1.82) is 0 Å². The van der Waals surface area contributed by atoms with Crippen LogP contribution in [0.3, 0.4) is 0 Å². The third kappa shape index (κ3) is 3.02. The van der Waals surface area contributed by atoms with Crippen LogP contribution < -0.4 is 9.80 Å². The molecular formula is C15H19FN2O3S. The molecule has 2 heterocycles. The molecule has 0 aliphatic carbocycles. The first-order valence-corrected chi connectivity index (χ1v) is 7.75. The maximum Gasteiger partial charge on any atom is 0.264 e. The minimum Gasteiger partial charge on any atom is -0.463 e. The van der Waals surface area contributed by atoms with Crippen LogP contribution in [0.4, 0.5) is 15.8 Å². The maximum absolute atomic E-state index is 14.4. The van der Waals surface area contributed by atoms with Crippen molar-refractivity contribution >= 4 is 28.8 Å². The number of hydrogen-bond donors (Lipinski definition) is 1. The number of anilines is 2. The molecule has 7 heteroatoms. The summed E-state index contributed by atoms with van der Waals surface area (Å²) in [6, 6.07) is 5.05. The fraction of sp³-hybridized carbons (Fsp3) is 0.533. The van der Waals surface area contributed by atoms with Crippen LogP contribution in [0.1, 0.15) is 6.92 Å². The van der Waals surface area contributed by atoms with Crippen molar-refractivity contribution in [2.75, 3.05) is 42.6 Å². The minimum atomic E-state index is -0.625. The third-order valence-electron chi connectivity index (χ3n) is 3.97. The van der Waals surface area contributed by atoms with Gasteiger partial charge < -0.3 is 19.5 Å². The average Bonchev–Trinajstić information content (AvgIpc) is 2.90. The summed E-state index contributed by atoms with van der Waals surface area (Å²) in [6.07, 6.45) is -1.00. The number of hydrogen-bond acceptors (Lipinski definition) is 5. The van der Waals surface area contributed by atoms with Gasteiger partial charge in [-0.05, 0) is 37.3 Å². The number of ether oxygens (including phenoxy) is 2. The molecule has 0 radical (unpaired) electrons. The maximum atomic E-state index is 14.4. The van der Waals surface area contributed by atoms with Crippen molar-refractivity contribution in [1.82, 2.24) is 0 Å². The van der Waals surface area contributed by atoms with Gasteiger partial charge in [-0.25, -0.2) is 4.39 Å². The van der Waals surface area contributed by atoms with Gasteiger partial charge in [0.15, 0.2) is 0 Å². The molecule has 0 spiro atoms. The Morgan fingerprint density at radius 1 is 1.36 bits per heavy atom. The number of thiocarbonyl (C=S) groups is 1. The molecule has 2 aliphatic rings. The lowest BCUT2D eigenvalue weighted by Crippen LogP contribution is -2.36. The Kier molecular flexibility index (Phi) is 4.46. The second-order valence-electron chi connectivity index (χ2n) is 5.51. The smallest absolute Gasteiger partial charge is 0.264 e. The molecule has 5 nitrogen and oxygen atoms in total. The number of aliphatic hydroxyl groups is 1. The first kappa shape index (κ1) is 15.5. The van der Waals surface area contributed by atoms with Crippen molar-refractivity contribution < 1.29 is 19.0 Å². The van der Waals surface area contributed by atoms with Crippen LogP contribution in [0, 0.1) is 5.82 Å². The summed E-state index contributed by atoms with van der Waals surface area (Å²) in [5.74, 6) is -0.289. The highest BCUT2D eigenvalue weighted by Crippen LogP contribution is 2.29. The Morgan fingerprint density at radius 2 is 2.09 bits per heavy atom. The van der Waals surface area contributed by atoms with Crippen LogP contribution in [-0.2, 0) is 9.47 Å². The molecule has 2 atom stereocenters. The van der Waals surface area contributed by atoms with Crippen molar-refractivity contribution in [2.45, 2.75) is 19.1 Å². The second kappa shape index (κ2) is 6.36. The Labute approximate surface area is 134 Å². The molecule has 1 N–H and O–H groups in total. The predicted octanol–water partition coefficient (Wildman–Crippen LogP) is 1.53. The molecule has 120 valence electrons. The lowest BCUT2D eigenvalue weighted by Gasteiger charge is -2.29. The molecule has 2 aliphatic heterocycles. The fourth-order valence-corrected chi connectivity index (χ4v) is 2.97. The van der Waals surface area contributed by atoms with E-state index in [9.17, 15) is 9.50 Å². The molecule has 22 heavy (non-hydrogen) atoms. The van der Waals surface area contributed by atoms with Crippen LogP contribution in [0.2, 0.25) is 0 Å². The molecule has 3 rings (SSSR count). The van der Waals surface area contributed by atoms with Crippen molar-refractivity contribution in [2.24, 2.45) is 0 Å². The van der Waals surface area contributed by atoms with E-state index in [-0.39, 0.29) is 17.1 Å². The van der Waals surface area contributed by atoms with Gasteiger partial charge in [0.05, 0.1) is 31.5 Å². The Bertz CT molecular complexity index is 564. The summed E-state index contributed by atoms with van der Waals surface area (Å²) in [4.78, 5) is 3.68. The quantitative estimate of drug-likeness (QED) is 0.850. The Hall–Kier alpha value is -1.44. The summed E-state index contributed by atoms with van der Waals surface area (Å²) in [7, 11) is 0. The van der Waals surface area contributed by atoms with E-state index in [2.05, 4.69) is 0 Å². The van der Waals surface area contributed by atoms with E-state index >= 15 is 0 Å². The van der Waals surface area contributed by atoms with Crippen LogP contribution in [0.15, 0.2) is 18.2 Å².